The summed E-state index contributed by atoms with van der Waals surface area (Å²) < 4.78 is 0. The summed E-state index contributed by atoms with van der Waals surface area (Å²) in [7, 11) is 0. The highest BCUT2D eigenvalue weighted by atomic mass is 16.2. The molecule has 0 spiro atoms. The molecular formula is C19H21NO. The predicted octanol–water partition coefficient (Wildman–Crippen LogP) is 4.45. The Bertz CT molecular complexity index is 692. The average Bonchev–Trinajstić information content (AvgIpc) is 2.75. The quantitative estimate of drug-likeness (QED) is 0.755. The minimum absolute atomic E-state index is 0.109. The maximum Gasteiger partial charge on any atom is 0.258 e. The molecule has 2 aromatic carbocycles. The van der Waals surface area contributed by atoms with Gasteiger partial charge in [-0.05, 0) is 41.7 Å². The Kier molecular flexibility index (Phi) is 3.12. The monoisotopic (exact) mass is 279 g/mol. The topological polar surface area (TPSA) is 20.3 Å². The Hall–Kier alpha value is -2.09. The van der Waals surface area contributed by atoms with Crippen molar-refractivity contribution in [2.75, 3.05) is 4.90 Å². The van der Waals surface area contributed by atoms with E-state index in [1.807, 2.05) is 17.9 Å². The van der Waals surface area contributed by atoms with Crippen molar-refractivity contribution in [2.24, 2.45) is 0 Å². The minimum Gasteiger partial charge on any atom is -0.304 e. The first-order chi connectivity index (χ1) is 9.86. The second kappa shape index (κ2) is 4.73. The van der Waals surface area contributed by atoms with Crippen molar-refractivity contribution < 1.29 is 4.79 Å². The predicted molar refractivity (Wildman–Crippen MR) is 86.8 cm³/mol. The van der Waals surface area contributed by atoms with Crippen molar-refractivity contribution in [1.82, 2.24) is 0 Å². The maximum absolute atomic E-state index is 12.6. The smallest absolute Gasteiger partial charge is 0.258 e. The molecule has 21 heavy (non-hydrogen) atoms. The lowest BCUT2D eigenvalue weighted by atomic mass is 9.87. The Morgan fingerprint density at radius 2 is 1.67 bits per heavy atom. The van der Waals surface area contributed by atoms with E-state index in [9.17, 15) is 4.79 Å². The first-order valence-corrected chi connectivity index (χ1v) is 7.38. The van der Waals surface area contributed by atoms with Crippen LogP contribution in [-0.4, -0.2) is 5.91 Å². The lowest BCUT2D eigenvalue weighted by Crippen LogP contribution is -2.23. The molecule has 0 N–H and O–H groups in total. The van der Waals surface area contributed by atoms with E-state index >= 15 is 0 Å². The largest absolute Gasteiger partial charge is 0.304 e. The van der Waals surface area contributed by atoms with Crippen LogP contribution >= 0.6 is 0 Å². The van der Waals surface area contributed by atoms with Crippen molar-refractivity contribution in [3.63, 3.8) is 0 Å². The maximum atomic E-state index is 12.6. The average molecular weight is 279 g/mol. The van der Waals surface area contributed by atoms with Crippen LogP contribution in [0.3, 0.4) is 0 Å². The molecule has 3 rings (SSSR count). The molecule has 2 nitrogen and oxygen atoms in total. The molecule has 2 heteroatoms. The lowest BCUT2D eigenvalue weighted by Gasteiger charge is -2.21. The number of nitrogens with zero attached hydrogens (tertiary/aromatic N) is 1. The SMILES string of the molecule is Cc1ccc2c(c1)C(=O)N(c1ccc(C(C)(C)C)cc1)C2. The number of carbonyl (C=O) groups is 1. The second-order valence-corrected chi connectivity index (χ2v) is 6.85. The van der Waals surface area contributed by atoms with Crippen LogP contribution in [0, 0.1) is 6.92 Å². The van der Waals surface area contributed by atoms with Gasteiger partial charge < -0.3 is 4.90 Å². The molecule has 2 aromatic rings. The normalized spacial score (nSPS) is 14.5. The van der Waals surface area contributed by atoms with Crippen molar-refractivity contribution >= 4 is 11.6 Å². The van der Waals surface area contributed by atoms with Crippen LogP contribution in [0.5, 0.6) is 0 Å². The summed E-state index contributed by atoms with van der Waals surface area (Å²) in [5, 5.41) is 0. The Balaban J connectivity index is 1.91. The zero-order chi connectivity index (χ0) is 15.2. The van der Waals surface area contributed by atoms with Gasteiger partial charge in [-0.3, -0.25) is 4.79 Å². The number of fused-ring (bicyclic) bond motifs is 1. The molecule has 0 aromatic heterocycles. The van der Waals surface area contributed by atoms with E-state index in [-0.39, 0.29) is 11.3 Å². The molecule has 0 bridgehead atoms. The number of hydrogen-bond donors (Lipinski definition) is 0. The number of hydrogen-bond acceptors (Lipinski definition) is 1. The van der Waals surface area contributed by atoms with E-state index in [2.05, 4.69) is 57.2 Å². The summed E-state index contributed by atoms with van der Waals surface area (Å²) >= 11 is 0. The number of carbonyl (C=O) groups excluding carboxylic acids is 1. The molecule has 1 heterocycles. The number of aryl methyl sites for hydroxylation is 1. The van der Waals surface area contributed by atoms with E-state index < -0.39 is 0 Å². The number of anilines is 1. The van der Waals surface area contributed by atoms with Gasteiger partial charge >= 0.3 is 0 Å². The molecule has 1 amide bonds. The van der Waals surface area contributed by atoms with Gasteiger partial charge in [-0.15, -0.1) is 0 Å². The second-order valence-electron chi connectivity index (χ2n) is 6.85. The minimum atomic E-state index is 0.109. The number of amides is 1. The first-order valence-electron chi connectivity index (χ1n) is 7.38. The molecule has 0 fully saturated rings. The van der Waals surface area contributed by atoms with Gasteiger partial charge in [-0.1, -0.05) is 50.6 Å². The lowest BCUT2D eigenvalue weighted by molar-refractivity contribution is 0.0996. The molecule has 1 aliphatic heterocycles. The van der Waals surface area contributed by atoms with Crippen LogP contribution in [0.25, 0.3) is 0 Å². The Morgan fingerprint density at radius 1 is 1.00 bits per heavy atom. The zero-order valence-corrected chi connectivity index (χ0v) is 13.1. The van der Waals surface area contributed by atoms with E-state index in [0.29, 0.717) is 6.54 Å². The molecule has 108 valence electrons. The molecule has 0 radical (unpaired) electrons. The highest BCUT2D eigenvalue weighted by Crippen LogP contribution is 2.30. The van der Waals surface area contributed by atoms with Crippen LogP contribution in [0.2, 0.25) is 0 Å². The van der Waals surface area contributed by atoms with Gasteiger partial charge in [-0.25, -0.2) is 0 Å². The highest BCUT2D eigenvalue weighted by molar-refractivity contribution is 6.10. The summed E-state index contributed by atoms with van der Waals surface area (Å²) in [5.74, 6) is 0.109. The summed E-state index contributed by atoms with van der Waals surface area (Å²) in [6.45, 7) is 9.28. The standard InChI is InChI=1S/C19H21NO/c1-13-5-6-14-12-20(18(21)17(14)11-13)16-9-7-15(8-10-16)19(2,3)4/h5-11H,12H2,1-4H3. The van der Waals surface area contributed by atoms with Gasteiger partial charge in [0.15, 0.2) is 0 Å². The van der Waals surface area contributed by atoms with E-state index in [0.717, 1.165) is 22.4 Å². The molecule has 0 aliphatic carbocycles. The van der Waals surface area contributed by atoms with Crippen molar-refractivity contribution in [1.29, 1.82) is 0 Å². The Labute approximate surface area is 126 Å². The van der Waals surface area contributed by atoms with Crippen LogP contribution in [0.1, 0.15) is 47.8 Å². The molecular weight excluding hydrogens is 258 g/mol. The van der Waals surface area contributed by atoms with Gasteiger partial charge in [0.1, 0.15) is 0 Å². The number of rotatable bonds is 1. The van der Waals surface area contributed by atoms with Crippen molar-refractivity contribution in [3.05, 3.63) is 64.7 Å². The molecule has 0 unspecified atom stereocenters. The summed E-state index contributed by atoms with van der Waals surface area (Å²) in [4.78, 5) is 14.4. The van der Waals surface area contributed by atoms with Gasteiger partial charge in [0.2, 0.25) is 0 Å². The third-order valence-corrected chi connectivity index (χ3v) is 4.11. The van der Waals surface area contributed by atoms with Gasteiger partial charge in [0.05, 0.1) is 6.54 Å². The summed E-state index contributed by atoms with van der Waals surface area (Å²) in [6, 6.07) is 14.5. The fourth-order valence-corrected chi connectivity index (χ4v) is 2.76. The third-order valence-electron chi connectivity index (χ3n) is 4.11. The third kappa shape index (κ3) is 2.46. The van der Waals surface area contributed by atoms with E-state index in [1.165, 1.54) is 5.56 Å². The van der Waals surface area contributed by atoms with Crippen LogP contribution in [-0.2, 0) is 12.0 Å². The van der Waals surface area contributed by atoms with Gasteiger partial charge in [-0.2, -0.15) is 0 Å². The van der Waals surface area contributed by atoms with Crippen LogP contribution in [0.4, 0.5) is 5.69 Å². The fourth-order valence-electron chi connectivity index (χ4n) is 2.76. The molecule has 0 saturated heterocycles. The van der Waals surface area contributed by atoms with Crippen molar-refractivity contribution in [2.45, 2.75) is 39.7 Å². The van der Waals surface area contributed by atoms with E-state index in [4.69, 9.17) is 0 Å². The van der Waals surface area contributed by atoms with Crippen molar-refractivity contribution in [3.8, 4) is 0 Å². The summed E-state index contributed by atoms with van der Waals surface area (Å²) in [6.07, 6.45) is 0. The molecule has 0 saturated carbocycles. The highest BCUT2D eigenvalue weighted by Gasteiger charge is 2.28. The van der Waals surface area contributed by atoms with Crippen LogP contribution in [0.15, 0.2) is 42.5 Å². The zero-order valence-electron chi connectivity index (χ0n) is 13.1. The number of benzene rings is 2. The van der Waals surface area contributed by atoms with Gasteiger partial charge in [0, 0.05) is 11.3 Å². The first kappa shape index (κ1) is 13.9. The Morgan fingerprint density at radius 3 is 2.29 bits per heavy atom. The van der Waals surface area contributed by atoms with Gasteiger partial charge in [0.25, 0.3) is 5.91 Å². The van der Waals surface area contributed by atoms with Crippen LogP contribution < -0.4 is 4.90 Å². The van der Waals surface area contributed by atoms with E-state index in [1.54, 1.807) is 0 Å². The molecule has 0 atom stereocenters. The molecule has 1 aliphatic rings. The fraction of sp³-hybridized carbons (Fsp3) is 0.316. The summed E-state index contributed by atoms with van der Waals surface area (Å²) in [5.41, 5.74) is 5.48.